The Morgan fingerprint density at radius 3 is 2.30 bits per heavy atom. The number of nitrogens with zero attached hydrogens (tertiary/aromatic N) is 2. The molecule has 0 saturated carbocycles. The van der Waals surface area contributed by atoms with Crippen molar-refractivity contribution < 1.29 is 0 Å². The molecule has 0 aliphatic rings. The zero-order valence-electron chi connectivity index (χ0n) is 12.2. The molecular formula is C16H20BrN3. The molecule has 1 aromatic carbocycles. The normalized spacial score (nSPS) is 10.8. The van der Waals surface area contributed by atoms with Gasteiger partial charge in [-0.1, -0.05) is 22.0 Å². The van der Waals surface area contributed by atoms with Crippen LogP contribution in [0.15, 0.2) is 22.7 Å². The Bertz CT molecular complexity index is 600. The van der Waals surface area contributed by atoms with E-state index in [-0.39, 0.29) is 0 Å². The van der Waals surface area contributed by atoms with Crippen molar-refractivity contribution in [3.63, 3.8) is 0 Å². The average Bonchev–Trinajstić information content (AvgIpc) is 2.37. The van der Waals surface area contributed by atoms with Gasteiger partial charge in [0.1, 0.15) is 0 Å². The zero-order chi connectivity index (χ0) is 14.7. The fourth-order valence-corrected chi connectivity index (χ4v) is 2.97. The van der Waals surface area contributed by atoms with Crippen LogP contribution < -0.4 is 5.73 Å². The maximum Gasteiger partial charge on any atom is 0.160 e. The number of nitrogens with two attached hydrogens (primary N) is 1. The van der Waals surface area contributed by atoms with E-state index in [1.54, 1.807) is 0 Å². The second kappa shape index (κ2) is 6.46. The summed E-state index contributed by atoms with van der Waals surface area (Å²) in [5.41, 5.74) is 11.2. The van der Waals surface area contributed by atoms with Gasteiger partial charge in [0.05, 0.1) is 0 Å². The number of hydrogen-bond donors (Lipinski definition) is 1. The molecule has 4 heteroatoms. The number of aromatic nitrogens is 2. The number of benzene rings is 1. The Morgan fingerprint density at radius 2 is 1.75 bits per heavy atom. The molecule has 3 nitrogen and oxygen atoms in total. The van der Waals surface area contributed by atoms with Crippen LogP contribution in [-0.4, -0.2) is 16.5 Å². The summed E-state index contributed by atoms with van der Waals surface area (Å²) in [6.45, 7) is 6.87. The molecule has 0 atom stereocenters. The quantitative estimate of drug-likeness (QED) is 0.927. The van der Waals surface area contributed by atoms with Crippen molar-refractivity contribution in [2.24, 2.45) is 5.73 Å². The van der Waals surface area contributed by atoms with Crippen molar-refractivity contribution in [1.29, 1.82) is 0 Å². The highest BCUT2D eigenvalue weighted by Crippen LogP contribution is 2.28. The molecule has 0 aliphatic heterocycles. The van der Waals surface area contributed by atoms with E-state index in [4.69, 9.17) is 5.73 Å². The van der Waals surface area contributed by atoms with Crippen LogP contribution in [0.1, 0.15) is 28.9 Å². The molecule has 0 spiro atoms. The molecule has 2 N–H and O–H groups in total. The molecule has 0 bridgehead atoms. The van der Waals surface area contributed by atoms with Gasteiger partial charge in [0.15, 0.2) is 5.82 Å². The Hall–Kier alpha value is -1.26. The smallest absolute Gasteiger partial charge is 0.160 e. The fraction of sp³-hybridized carbons (Fsp3) is 0.375. The molecule has 1 heterocycles. The summed E-state index contributed by atoms with van der Waals surface area (Å²) in [6.07, 6.45) is 1.92. The molecule has 2 rings (SSSR count). The van der Waals surface area contributed by atoms with E-state index in [0.717, 1.165) is 40.1 Å². The molecule has 1 aromatic heterocycles. The van der Waals surface area contributed by atoms with Gasteiger partial charge in [-0.25, -0.2) is 9.97 Å². The van der Waals surface area contributed by atoms with Crippen LogP contribution in [0.3, 0.4) is 0 Å². The summed E-state index contributed by atoms with van der Waals surface area (Å²) in [4.78, 5) is 9.33. The standard InChI is InChI=1S/C16H20BrN3/c1-10-6-7-14(15(17)9-10)16-19-11(2)13(5-4-8-18)12(3)20-16/h6-7,9H,4-5,8,18H2,1-3H3. The molecule has 20 heavy (non-hydrogen) atoms. The molecule has 2 aromatic rings. The monoisotopic (exact) mass is 333 g/mol. The predicted molar refractivity (Wildman–Crippen MR) is 86.8 cm³/mol. The first-order chi connectivity index (χ1) is 9.52. The van der Waals surface area contributed by atoms with E-state index in [1.165, 1.54) is 11.1 Å². The van der Waals surface area contributed by atoms with Crippen LogP contribution in [0, 0.1) is 20.8 Å². The van der Waals surface area contributed by atoms with Crippen molar-refractivity contribution in [2.75, 3.05) is 6.54 Å². The third-order valence-corrected chi connectivity index (χ3v) is 4.07. The molecule has 0 aliphatic carbocycles. The summed E-state index contributed by atoms with van der Waals surface area (Å²) in [5, 5.41) is 0. The lowest BCUT2D eigenvalue weighted by Crippen LogP contribution is -2.06. The summed E-state index contributed by atoms with van der Waals surface area (Å²) >= 11 is 3.60. The minimum absolute atomic E-state index is 0.699. The van der Waals surface area contributed by atoms with Gasteiger partial charge in [0.25, 0.3) is 0 Å². The largest absolute Gasteiger partial charge is 0.330 e. The first-order valence-electron chi connectivity index (χ1n) is 6.83. The van der Waals surface area contributed by atoms with Gasteiger partial charge < -0.3 is 5.73 Å². The van der Waals surface area contributed by atoms with E-state index < -0.39 is 0 Å². The molecule has 0 fully saturated rings. The zero-order valence-corrected chi connectivity index (χ0v) is 13.8. The van der Waals surface area contributed by atoms with Crippen molar-refractivity contribution in [2.45, 2.75) is 33.6 Å². The minimum atomic E-state index is 0.699. The van der Waals surface area contributed by atoms with E-state index in [0.29, 0.717) is 6.54 Å². The number of rotatable bonds is 4. The van der Waals surface area contributed by atoms with Gasteiger partial charge in [-0.2, -0.15) is 0 Å². The molecular weight excluding hydrogens is 314 g/mol. The molecule has 0 saturated heterocycles. The van der Waals surface area contributed by atoms with Crippen molar-refractivity contribution in [3.05, 3.63) is 45.2 Å². The van der Waals surface area contributed by atoms with Crippen LogP contribution >= 0.6 is 15.9 Å². The van der Waals surface area contributed by atoms with Gasteiger partial charge in [0, 0.05) is 21.4 Å². The fourth-order valence-electron chi connectivity index (χ4n) is 2.30. The highest BCUT2D eigenvalue weighted by atomic mass is 79.9. The van der Waals surface area contributed by atoms with Gasteiger partial charge in [-0.3, -0.25) is 0 Å². The van der Waals surface area contributed by atoms with Gasteiger partial charge in [0.2, 0.25) is 0 Å². The Balaban J connectivity index is 2.44. The van der Waals surface area contributed by atoms with Gasteiger partial charge >= 0.3 is 0 Å². The van der Waals surface area contributed by atoms with E-state index in [9.17, 15) is 0 Å². The number of aryl methyl sites for hydroxylation is 3. The molecule has 0 unspecified atom stereocenters. The second-order valence-electron chi connectivity index (χ2n) is 5.07. The first-order valence-corrected chi connectivity index (χ1v) is 7.63. The van der Waals surface area contributed by atoms with Crippen molar-refractivity contribution >= 4 is 15.9 Å². The van der Waals surface area contributed by atoms with E-state index >= 15 is 0 Å². The van der Waals surface area contributed by atoms with Gasteiger partial charge in [-0.15, -0.1) is 0 Å². The minimum Gasteiger partial charge on any atom is -0.330 e. The number of hydrogen-bond acceptors (Lipinski definition) is 3. The SMILES string of the molecule is Cc1ccc(-c2nc(C)c(CCCN)c(C)n2)c(Br)c1. The Morgan fingerprint density at radius 1 is 1.10 bits per heavy atom. The van der Waals surface area contributed by atoms with Crippen LogP contribution in [0.5, 0.6) is 0 Å². The average molecular weight is 334 g/mol. The Kier molecular flexibility index (Phi) is 4.89. The third kappa shape index (κ3) is 3.25. The summed E-state index contributed by atoms with van der Waals surface area (Å²) in [7, 11) is 0. The summed E-state index contributed by atoms with van der Waals surface area (Å²) in [5.74, 6) is 0.781. The lowest BCUT2D eigenvalue weighted by atomic mass is 10.1. The van der Waals surface area contributed by atoms with Gasteiger partial charge in [-0.05, 0) is 63.4 Å². The lowest BCUT2D eigenvalue weighted by Gasteiger charge is -2.11. The van der Waals surface area contributed by atoms with Crippen LogP contribution in [0.25, 0.3) is 11.4 Å². The maximum absolute atomic E-state index is 5.58. The number of halogens is 1. The van der Waals surface area contributed by atoms with Crippen molar-refractivity contribution in [3.8, 4) is 11.4 Å². The van der Waals surface area contributed by atoms with Crippen LogP contribution in [0.4, 0.5) is 0 Å². The molecule has 0 amide bonds. The van der Waals surface area contributed by atoms with Crippen LogP contribution in [-0.2, 0) is 6.42 Å². The molecule has 106 valence electrons. The summed E-state index contributed by atoms with van der Waals surface area (Å²) < 4.78 is 1.03. The lowest BCUT2D eigenvalue weighted by molar-refractivity contribution is 0.806. The topological polar surface area (TPSA) is 51.8 Å². The highest BCUT2D eigenvalue weighted by Gasteiger charge is 2.11. The van der Waals surface area contributed by atoms with Crippen molar-refractivity contribution in [1.82, 2.24) is 9.97 Å². The summed E-state index contributed by atoms with van der Waals surface area (Å²) in [6, 6.07) is 6.23. The maximum atomic E-state index is 5.58. The third-order valence-electron chi connectivity index (χ3n) is 3.42. The predicted octanol–water partition coefficient (Wildman–Crippen LogP) is 3.72. The first kappa shape index (κ1) is 15.1. The van der Waals surface area contributed by atoms with E-state index in [1.807, 2.05) is 13.8 Å². The molecule has 0 radical (unpaired) electrons. The highest BCUT2D eigenvalue weighted by molar-refractivity contribution is 9.10. The van der Waals surface area contributed by atoms with Crippen LogP contribution in [0.2, 0.25) is 0 Å². The second-order valence-corrected chi connectivity index (χ2v) is 5.93. The Labute approximate surface area is 128 Å². The van der Waals surface area contributed by atoms with E-state index in [2.05, 4.69) is 51.0 Å².